The van der Waals surface area contributed by atoms with E-state index in [1.807, 2.05) is 81.4 Å². The molecule has 144 valence electrons. The maximum atomic E-state index is 13.0. The van der Waals surface area contributed by atoms with Crippen molar-refractivity contribution in [3.63, 3.8) is 0 Å². The van der Waals surface area contributed by atoms with Gasteiger partial charge in [0.15, 0.2) is 6.04 Å². The summed E-state index contributed by atoms with van der Waals surface area (Å²) < 4.78 is 5.70. The van der Waals surface area contributed by atoms with Crippen molar-refractivity contribution in [2.75, 3.05) is 0 Å². The fourth-order valence-electron chi connectivity index (χ4n) is 2.76. The van der Waals surface area contributed by atoms with Crippen molar-refractivity contribution < 1.29 is 9.53 Å². The number of hydrogen-bond acceptors (Lipinski definition) is 3. The fraction of sp³-hybridized carbons (Fsp3) is 0.417. The number of carbonyl (C=O) groups is 1. The molecule has 1 unspecified atom stereocenters. The smallest absolute Gasteiger partial charge is 0.331 e. The molecule has 0 fully saturated rings. The number of hydrogen-bond donors (Lipinski definition) is 0. The van der Waals surface area contributed by atoms with Crippen LogP contribution in [-0.2, 0) is 9.53 Å². The molecule has 0 aliphatic carbocycles. The molecule has 0 spiro atoms. The van der Waals surface area contributed by atoms with Crippen molar-refractivity contribution in [2.24, 2.45) is 16.8 Å². The second-order valence-electron chi connectivity index (χ2n) is 8.29. The molecule has 0 aromatic heterocycles. The first kappa shape index (κ1) is 20.9. The van der Waals surface area contributed by atoms with E-state index in [1.54, 1.807) is 0 Å². The molecular formula is C24H31NO2. The molecule has 2 atom stereocenters. The Hall–Kier alpha value is -2.42. The first-order valence-electron chi connectivity index (χ1n) is 9.60. The lowest BCUT2D eigenvalue weighted by Crippen LogP contribution is -2.37. The highest BCUT2D eigenvalue weighted by Crippen LogP contribution is 2.23. The third-order valence-corrected chi connectivity index (χ3v) is 4.56. The second-order valence-corrected chi connectivity index (χ2v) is 8.29. The molecule has 0 N–H and O–H groups in total. The van der Waals surface area contributed by atoms with Gasteiger partial charge in [-0.15, -0.1) is 0 Å². The summed E-state index contributed by atoms with van der Waals surface area (Å²) in [6.07, 6.45) is 0. The Balaban J connectivity index is 2.55. The summed E-state index contributed by atoms with van der Waals surface area (Å²) in [5.74, 6) is 0.0920. The Kier molecular flexibility index (Phi) is 6.95. The lowest BCUT2D eigenvalue weighted by Gasteiger charge is -2.27. The molecule has 0 amide bonds. The van der Waals surface area contributed by atoms with Gasteiger partial charge in [0.1, 0.15) is 5.60 Å². The van der Waals surface area contributed by atoms with Gasteiger partial charge in [-0.1, -0.05) is 81.4 Å². The second kappa shape index (κ2) is 8.98. The van der Waals surface area contributed by atoms with E-state index < -0.39 is 11.6 Å². The molecule has 3 heteroatoms. The zero-order chi connectivity index (χ0) is 20.0. The first-order valence-corrected chi connectivity index (χ1v) is 9.60. The van der Waals surface area contributed by atoms with E-state index in [1.165, 1.54) is 0 Å². The van der Waals surface area contributed by atoms with Crippen LogP contribution in [0.1, 0.15) is 52.7 Å². The monoisotopic (exact) mass is 365 g/mol. The van der Waals surface area contributed by atoms with Gasteiger partial charge in [0, 0.05) is 11.1 Å². The Morgan fingerprint density at radius 1 is 0.852 bits per heavy atom. The number of carbonyl (C=O) groups excluding carboxylic acids is 1. The Bertz CT molecular complexity index is 716. The SMILES string of the molecule is CC(C)C(C)[C@H](N=C(c1ccccc1)c1ccccc1)C(=O)OC(C)(C)C. The number of benzene rings is 2. The third-order valence-electron chi connectivity index (χ3n) is 4.56. The van der Waals surface area contributed by atoms with Crippen molar-refractivity contribution in [3.05, 3.63) is 71.8 Å². The molecule has 0 saturated heterocycles. The van der Waals surface area contributed by atoms with Gasteiger partial charge in [-0.25, -0.2) is 4.79 Å². The minimum Gasteiger partial charge on any atom is -0.458 e. The molecule has 0 bridgehead atoms. The molecule has 27 heavy (non-hydrogen) atoms. The molecule has 0 aliphatic heterocycles. The largest absolute Gasteiger partial charge is 0.458 e. The lowest BCUT2D eigenvalue weighted by molar-refractivity contribution is -0.158. The highest BCUT2D eigenvalue weighted by molar-refractivity contribution is 6.13. The van der Waals surface area contributed by atoms with Gasteiger partial charge >= 0.3 is 5.97 Å². The predicted octanol–water partition coefficient (Wildman–Crippen LogP) is 5.53. The molecule has 3 nitrogen and oxygen atoms in total. The Morgan fingerprint density at radius 3 is 1.67 bits per heavy atom. The molecule has 2 aromatic carbocycles. The van der Waals surface area contributed by atoms with Crippen LogP contribution in [0.25, 0.3) is 0 Å². The van der Waals surface area contributed by atoms with Crippen LogP contribution in [0.2, 0.25) is 0 Å². The van der Waals surface area contributed by atoms with Crippen LogP contribution in [0.15, 0.2) is 65.7 Å². The van der Waals surface area contributed by atoms with E-state index in [4.69, 9.17) is 9.73 Å². The normalized spacial score (nSPS) is 13.7. The molecular weight excluding hydrogens is 334 g/mol. The molecule has 0 radical (unpaired) electrons. The van der Waals surface area contributed by atoms with Gasteiger partial charge in [0.05, 0.1) is 5.71 Å². The maximum Gasteiger partial charge on any atom is 0.331 e. The van der Waals surface area contributed by atoms with Crippen LogP contribution in [0.3, 0.4) is 0 Å². The summed E-state index contributed by atoms with van der Waals surface area (Å²) in [5.41, 5.74) is 2.27. The van der Waals surface area contributed by atoms with Crippen molar-refractivity contribution >= 4 is 11.7 Å². The van der Waals surface area contributed by atoms with Gasteiger partial charge in [0.25, 0.3) is 0 Å². The molecule has 0 saturated carbocycles. The van der Waals surface area contributed by atoms with Crippen molar-refractivity contribution in [2.45, 2.75) is 53.2 Å². The van der Waals surface area contributed by atoms with E-state index >= 15 is 0 Å². The summed E-state index contributed by atoms with van der Waals surface area (Å²) >= 11 is 0. The standard InChI is InChI=1S/C24H31NO2/c1-17(2)18(3)21(23(26)27-24(4,5)6)25-22(19-13-9-7-10-14-19)20-15-11-8-12-16-20/h7-18,21H,1-6H3/t18?,21-/m0/s1. The average molecular weight is 366 g/mol. The summed E-state index contributed by atoms with van der Waals surface area (Å²) in [6.45, 7) is 12.0. The van der Waals surface area contributed by atoms with Crippen LogP contribution in [-0.4, -0.2) is 23.3 Å². The van der Waals surface area contributed by atoms with Crippen LogP contribution in [0, 0.1) is 11.8 Å². The Morgan fingerprint density at radius 2 is 1.30 bits per heavy atom. The minimum absolute atomic E-state index is 0.0577. The molecule has 2 rings (SSSR count). The topological polar surface area (TPSA) is 38.7 Å². The summed E-state index contributed by atoms with van der Waals surface area (Å²) in [6, 6.07) is 19.5. The number of ether oxygens (including phenoxy) is 1. The zero-order valence-corrected chi connectivity index (χ0v) is 17.3. The highest BCUT2D eigenvalue weighted by atomic mass is 16.6. The van der Waals surface area contributed by atoms with Gasteiger partial charge in [-0.05, 0) is 32.6 Å². The van der Waals surface area contributed by atoms with Gasteiger partial charge in [-0.2, -0.15) is 0 Å². The van der Waals surface area contributed by atoms with Gasteiger partial charge in [0.2, 0.25) is 0 Å². The third kappa shape index (κ3) is 6.06. The van der Waals surface area contributed by atoms with E-state index in [-0.39, 0.29) is 11.9 Å². The van der Waals surface area contributed by atoms with Crippen LogP contribution in [0.4, 0.5) is 0 Å². The van der Waals surface area contributed by atoms with Crippen molar-refractivity contribution in [3.8, 4) is 0 Å². The quantitative estimate of drug-likeness (QED) is 0.499. The highest BCUT2D eigenvalue weighted by Gasteiger charge is 2.31. The van der Waals surface area contributed by atoms with Crippen LogP contribution < -0.4 is 0 Å². The van der Waals surface area contributed by atoms with Crippen molar-refractivity contribution in [1.82, 2.24) is 0 Å². The number of esters is 1. The lowest BCUT2D eigenvalue weighted by atomic mass is 9.90. The number of nitrogens with zero attached hydrogens (tertiary/aromatic N) is 1. The van der Waals surface area contributed by atoms with Gasteiger partial charge in [-0.3, -0.25) is 4.99 Å². The average Bonchev–Trinajstić information content (AvgIpc) is 2.62. The number of rotatable bonds is 6. The summed E-state index contributed by atoms with van der Waals surface area (Å²) in [7, 11) is 0. The van der Waals surface area contributed by atoms with E-state index in [2.05, 4.69) is 20.8 Å². The predicted molar refractivity (Wildman–Crippen MR) is 112 cm³/mol. The van der Waals surface area contributed by atoms with Gasteiger partial charge < -0.3 is 4.74 Å². The number of aliphatic imine (C=N–C) groups is 1. The molecule has 2 aromatic rings. The van der Waals surface area contributed by atoms with Crippen molar-refractivity contribution in [1.29, 1.82) is 0 Å². The summed E-state index contributed by atoms with van der Waals surface area (Å²) in [4.78, 5) is 17.9. The summed E-state index contributed by atoms with van der Waals surface area (Å²) in [5, 5.41) is 0. The Labute approximate surface area is 163 Å². The van der Waals surface area contributed by atoms with E-state index in [0.717, 1.165) is 16.8 Å². The van der Waals surface area contributed by atoms with Crippen LogP contribution >= 0.6 is 0 Å². The van der Waals surface area contributed by atoms with E-state index in [9.17, 15) is 4.79 Å². The molecule has 0 aliphatic rings. The first-order chi connectivity index (χ1) is 12.7. The van der Waals surface area contributed by atoms with Crippen LogP contribution in [0.5, 0.6) is 0 Å². The van der Waals surface area contributed by atoms with E-state index in [0.29, 0.717) is 5.92 Å². The zero-order valence-electron chi connectivity index (χ0n) is 17.3. The fourth-order valence-corrected chi connectivity index (χ4v) is 2.76. The maximum absolute atomic E-state index is 13.0. The molecule has 0 heterocycles. The minimum atomic E-state index is -0.556.